The van der Waals surface area contributed by atoms with Crippen LogP contribution in [-0.2, 0) is 19.1 Å². The fraction of sp³-hybridized carbons (Fsp3) is 0.579. The summed E-state index contributed by atoms with van der Waals surface area (Å²) < 4.78 is 22.0. The van der Waals surface area contributed by atoms with Crippen molar-refractivity contribution < 1.29 is 28.5 Å². The zero-order valence-electron chi connectivity index (χ0n) is 16.0. The van der Waals surface area contributed by atoms with Gasteiger partial charge in [0.2, 0.25) is 11.8 Å². The van der Waals surface area contributed by atoms with Crippen LogP contribution in [0.2, 0.25) is 0 Å². The molecule has 2 aliphatic heterocycles. The molecule has 2 fully saturated rings. The number of piperidine rings is 1. The molecular weight excluding hydrogens is 352 g/mol. The van der Waals surface area contributed by atoms with Gasteiger partial charge in [0.15, 0.2) is 5.79 Å². The Morgan fingerprint density at radius 1 is 1.15 bits per heavy atom. The summed E-state index contributed by atoms with van der Waals surface area (Å²) in [5.41, 5.74) is 0.508. The molecule has 0 aromatic heterocycles. The Labute approximate surface area is 158 Å². The number of hydrogen-bond donors (Lipinski definition) is 0. The number of carbonyl (C=O) groups is 2. The smallest absolute Gasteiger partial charge is 0.242 e. The highest BCUT2D eigenvalue weighted by Crippen LogP contribution is 2.34. The Morgan fingerprint density at radius 2 is 1.81 bits per heavy atom. The highest BCUT2D eigenvalue weighted by atomic mass is 16.7. The molecule has 2 amide bonds. The molecule has 0 N–H and O–H groups in total. The largest absolute Gasteiger partial charge is 0.497 e. The van der Waals surface area contributed by atoms with E-state index in [1.807, 2.05) is 0 Å². The highest BCUT2D eigenvalue weighted by molar-refractivity contribution is 5.98. The second-order valence-corrected chi connectivity index (χ2v) is 6.63. The average Bonchev–Trinajstić information content (AvgIpc) is 3.13. The normalized spacial score (nSPS) is 18.4. The molecular formula is C19H26N2O6. The van der Waals surface area contributed by atoms with Crippen molar-refractivity contribution in [2.45, 2.75) is 25.6 Å². The Morgan fingerprint density at radius 3 is 2.37 bits per heavy atom. The van der Waals surface area contributed by atoms with Crippen LogP contribution in [0.15, 0.2) is 18.2 Å². The predicted molar refractivity (Wildman–Crippen MR) is 98.0 cm³/mol. The fourth-order valence-electron chi connectivity index (χ4n) is 3.49. The van der Waals surface area contributed by atoms with Crippen molar-refractivity contribution in [3.8, 4) is 11.5 Å². The van der Waals surface area contributed by atoms with E-state index < -0.39 is 5.79 Å². The van der Waals surface area contributed by atoms with E-state index in [0.29, 0.717) is 56.3 Å². The number of nitrogens with zero attached hydrogens (tertiary/aromatic N) is 2. The van der Waals surface area contributed by atoms with Gasteiger partial charge in [-0.3, -0.25) is 14.5 Å². The first-order valence-electron chi connectivity index (χ1n) is 9.04. The molecule has 0 saturated carbocycles. The van der Waals surface area contributed by atoms with Gasteiger partial charge in [0, 0.05) is 38.9 Å². The molecule has 1 spiro atoms. The summed E-state index contributed by atoms with van der Waals surface area (Å²) in [6, 6.07) is 5.15. The Hall–Kier alpha value is -2.32. The van der Waals surface area contributed by atoms with Crippen LogP contribution in [0.5, 0.6) is 11.5 Å². The lowest BCUT2D eigenvalue weighted by Gasteiger charge is -2.38. The minimum absolute atomic E-state index is 0.0619. The fourth-order valence-corrected chi connectivity index (χ4v) is 3.49. The third-order valence-electron chi connectivity index (χ3n) is 5.04. The molecule has 2 aliphatic rings. The highest BCUT2D eigenvalue weighted by Gasteiger charge is 2.41. The molecule has 0 bridgehead atoms. The number of amides is 2. The monoisotopic (exact) mass is 378 g/mol. The van der Waals surface area contributed by atoms with Crippen molar-refractivity contribution >= 4 is 17.5 Å². The molecule has 148 valence electrons. The number of hydrogen-bond acceptors (Lipinski definition) is 6. The van der Waals surface area contributed by atoms with E-state index in [1.54, 1.807) is 30.2 Å². The maximum absolute atomic E-state index is 12.8. The van der Waals surface area contributed by atoms with Crippen molar-refractivity contribution in [1.82, 2.24) is 4.90 Å². The van der Waals surface area contributed by atoms with Gasteiger partial charge in [-0.15, -0.1) is 0 Å². The van der Waals surface area contributed by atoms with E-state index in [4.69, 9.17) is 18.9 Å². The molecule has 1 aromatic rings. The van der Waals surface area contributed by atoms with E-state index in [-0.39, 0.29) is 18.4 Å². The van der Waals surface area contributed by atoms with Crippen LogP contribution in [0.3, 0.4) is 0 Å². The molecule has 8 heteroatoms. The van der Waals surface area contributed by atoms with Gasteiger partial charge in [0.1, 0.15) is 18.0 Å². The first-order valence-corrected chi connectivity index (χ1v) is 9.04. The van der Waals surface area contributed by atoms with Crippen LogP contribution in [0.25, 0.3) is 0 Å². The summed E-state index contributed by atoms with van der Waals surface area (Å²) in [5, 5.41) is 0. The molecule has 8 nitrogen and oxygen atoms in total. The Balaban J connectivity index is 1.71. The number of benzene rings is 1. The lowest BCUT2D eigenvalue weighted by atomic mass is 10.0. The lowest BCUT2D eigenvalue weighted by molar-refractivity contribution is -0.187. The molecule has 3 rings (SSSR count). The second-order valence-electron chi connectivity index (χ2n) is 6.63. The number of anilines is 1. The number of ether oxygens (including phenoxy) is 4. The van der Waals surface area contributed by atoms with Crippen molar-refractivity contribution in [2.24, 2.45) is 0 Å². The molecule has 2 heterocycles. The van der Waals surface area contributed by atoms with Gasteiger partial charge in [-0.2, -0.15) is 0 Å². The summed E-state index contributed by atoms with van der Waals surface area (Å²) in [6.07, 6.45) is 1.28. The van der Waals surface area contributed by atoms with E-state index in [0.717, 1.165) is 0 Å². The molecule has 2 saturated heterocycles. The quantitative estimate of drug-likeness (QED) is 0.771. The maximum Gasteiger partial charge on any atom is 0.242 e. The first kappa shape index (κ1) is 19.4. The summed E-state index contributed by atoms with van der Waals surface area (Å²) >= 11 is 0. The molecule has 0 atom stereocenters. The second kappa shape index (κ2) is 8.14. The topological polar surface area (TPSA) is 77.5 Å². The van der Waals surface area contributed by atoms with Crippen molar-refractivity contribution in [3.05, 3.63) is 18.2 Å². The lowest BCUT2D eigenvalue weighted by Crippen LogP contribution is -2.50. The summed E-state index contributed by atoms with van der Waals surface area (Å²) in [7, 11) is 3.07. The van der Waals surface area contributed by atoms with E-state index in [1.165, 1.54) is 18.9 Å². The van der Waals surface area contributed by atoms with Crippen molar-refractivity contribution in [1.29, 1.82) is 0 Å². The maximum atomic E-state index is 12.8. The van der Waals surface area contributed by atoms with Gasteiger partial charge in [-0.25, -0.2) is 0 Å². The van der Waals surface area contributed by atoms with Crippen LogP contribution in [0, 0.1) is 0 Å². The van der Waals surface area contributed by atoms with Crippen LogP contribution in [0.1, 0.15) is 19.8 Å². The summed E-state index contributed by atoms with van der Waals surface area (Å²) in [5.74, 6) is 0.186. The summed E-state index contributed by atoms with van der Waals surface area (Å²) in [6.45, 7) is 3.65. The third-order valence-corrected chi connectivity index (χ3v) is 5.04. The van der Waals surface area contributed by atoms with Gasteiger partial charge >= 0.3 is 0 Å². The van der Waals surface area contributed by atoms with Crippen LogP contribution in [0.4, 0.5) is 5.69 Å². The minimum atomic E-state index is -0.535. The number of carbonyl (C=O) groups excluding carboxylic acids is 2. The SMILES string of the molecule is COc1ccc(OC)c(N(CC(=O)N2CCC3(CC2)OCCO3)C(C)=O)c1. The first-order chi connectivity index (χ1) is 13.0. The third kappa shape index (κ3) is 4.17. The van der Waals surface area contributed by atoms with E-state index in [2.05, 4.69) is 0 Å². The van der Waals surface area contributed by atoms with Gasteiger partial charge in [0.25, 0.3) is 0 Å². The van der Waals surface area contributed by atoms with Gasteiger partial charge in [-0.1, -0.05) is 0 Å². The van der Waals surface area contributed by atoms with Crippen LogP contribution < -0.4 is 14.4 Å². The number of methoxy groups -OCH3 is 2. The van der Waals surface area contributed by atoms with Crippen molar-refractivity contribution in [2.75, 3.05) is 52.0 Å². The van der Waals surface area contributed by atoms with E-state index >= 15 is 0 Å². The van der Waals surface area contributed by atoms with Gasteiger partial charge in [-0.05, 0) is 12.1 Å². The van der Waals surface area contributed by atoms with Gasteiger partial charge < -0.3 is 23.8 Å². The van der Waals surface area contributed by atoms with Gasteiger partial charge in [0.05, 0.1) is 33.1 Å². The van der Waals surface area contributed by atoms with Crippen LogP contribution >= 0.6 is 0 Å². The zero-order valence-corrected chi connectivity index (χ0v) is 16.0. The van der Waals surface area contributed by atoms with E-state index in [9.17, 15) is 9.59 Å². The molecule has 27 heavy (non-hydrogen) atoms. The van der Waals surface area contributed by atoms with Crippen molar-refractivity contribution in [3.63, 3.8) is 0 Å². The Kier molecular flexibility index (Phi) is 5.86. The Bertz CT molecular complexity index is 691. The number of likely N-dealkylation sites (tertiary alicyclic amines) is 1. The zero-order chi connectivity index (χ0) is 19.4. The standard InChI is InChI=1S/C19H26N2O6/c1-14(22)21(16-12-15(24-2)4-5-17(16)25-3)13-18(23)20-8-6-19(7-9-20)26-10-11-27-19/h4-5,12H,6-11,13H2,1-3H3. The predicted octanol–water partition coefficient (Wildman–Crippen LogP) is 1.42. The minimum Gasteiger partial charge on any atom is -0.497 e. The number of rotatable bonds is 5. The molecule has 0 aliphatic carbocycles. The average molecular weight is 378 g/mol. The molecule has 1 aromatic carbocycles. The molecule has 0 radical (unpaired) electrons. The molecule has 0 unspecified atom stereocenters. The summed E-state index contributed by atoms with van der Waals surface area (Å²) in [4.78, 5) is 28.2. The van der Waals surface area contributed by atoms with Crippen LogP contribution in [-0.4, -0.2) is 69.6 Å².